The van der Waals surface area contributed by atoms with Gasteiger partial charge in [-0.05, 0) is 62.6 Å². The Balaban J connectivity index is 1.44. The van der Waals surface area contributed by atoms with Gasteiger partial charge in [0, 0.05) is 25.3 Å². The van der Waals surface area contributed by atoms with E-state index in [4.69, 9.17) is 4.74 Å². The fourth-order valence-corrected chi connectivity index (χ4v) is 4.86. The molecule has 2 aromatic rings. The second-order valence-electron chi connectivity index (χ2n) is 9.60. The highest BCUT2D eigenvalue weighted by molar-refractivity contribution is 5.97. The fraction of sp³-hybridized carbons (Fsp3) is 0.393. The molecule has 1 atom stereocenters. The third-order valence-corrected chi connectivity index (χ3v) is 6.82. The number of ether oxygens (including phenoxy) is 1. The average molecular weight is 509 g/mol. The molecule has 0 aliphatic carbocycles. The number of carbonyl (C=O) groups is 3. The molecular formula is C28H33FN4O4. The Hall–Kier alpha value is -3.72. The first kappa shape index (κ1) is 26.3. The van der Waals surface area contributed by atoms with Crippen LogP contribution < -0.4 is 20.7 Å². The lowest BCUT2D eigenvalue weighted by molar-refractivity contribution is -0.135. The first-order valence-corrected chi connectivity index (χ1v) is 12.6. The van der Waals surface area contributed by atoms with Crippen LogP contribution in [0.2, 0.25) is 0 Å². The summed E-state index contributed by atoms with van der Waals surface area (Å²) in [5.41, 5.74) is 0.956. The summed E-state index contributed by atoms with van der Waals surface area (Å²) in [4.78, 5) is 40.7. The Morgan fingerprint density at radius 2 is 1.95 bits per heavy atom. The molecule has 9 heteroatoms. The molecule has 2 aliphatic rings. The Morgan fingerprint density at radius 1 is 1.14 bits per heavy atom. The summed E-state index contributed by atoms with van der Waals surface area (Å²) in [5, 5.41) is 8.60. The van der Waals surface area contributed by atoms with Crippen LogP contribution in [0.4, 0.5) is 10.1 Å². The number of carbonyl (C=O) groups excluding carboxylic acids is 3. The standard InChI is InChI=1S/C28H33FN4O4/c1-20-9-10-21(29)17-23(20)32-25(34)18-33-15-6-12-28(19-33)11-4-5-16-37-24-8-3-2-7-22(24)26(35)30-13-14-31-27(28)36/h2-5,7-10,17H,6,11-16,18-19H2,1H3,(H,30,35)(H,31,36)(H,32,34). The van der Waals surface area contributed by atoms with Gasteiger partial charge in [-0.15, -0.1) is 0 Å². The molecule has 0 aromatic heterocycles. The number of allylic oxidation sites excluding steroid dienone is 1. The maximum Gasteiger partial charge on any atom is 0.255 e. The Kier molecular flexibility index (Phi) is 8.55. The number of rotatable bonds is 3. The van der Waals surface area contributed by atoms with E-state index in [0.29, 0.717) is 49.5 Å². The van der Waals surface area contributed by atoms with E-state index in [1.54, 1.807) is 31.2 Å². The normalized spacial score (nSPS) is 21.2. The van der Waals surface area contributed by atoms with Gasteiger partial charge in [0.05, 0.1) is 17.5 Å². The van der Waals surface area contributed by atoms with Gasteiger partial charge in [-0.3, -0.25) is 19.3 Å². The number of hydrogen-bond donors (Lipinski definition) is 3. The summed E-state index contributed by atoms with van der Waals surface area (Å²) in [5.74, 6) is -0.522. The van der Waals surface area contributed by atoms with E-state index in [1.165, 1.54) is 12.1 Å². The largest absolute Gasteiger partial charge is 0.489 e. The number of hydrogen-bond acceptors (Lipinski definition) is 5. The molecule has 0 radical (unpaired) electrons. The lowest BCUT2D eigenvalue weighted by atomic mass is 9.76. The van der Waals surface area contributed by atoms with Crippen LogP contribution in [0.3, 0.4) is 0 Å². The van der Waals surface area contributed by atoms with Crippen molar-refractivity contribution in [1.82, 2.24) is 15.5 Å². The number of halogens is 1. The summed E-state index contributed by atoms with van der Waals surface area (Å²) >= 11 is 0. The number of piperidine rings is 1. The van der Waals surface area contributed by atoms with Gasteiger partial charge in [0.1, 0.15) is 18.2 Å². The lowest BCUT2D eigenvalue weighted by Gasteiger charge is -2.41. The van der Waals surface area contributed by atoms with Crippen LogP contribution in [-0.2, 0) is 9.59 Å². The van der Waals surface area contributed by atoms with E-state index in [9.17, 15) is 18.8 Å². The van der Waals surface area contributed by atoms with Crippen molar-refractivity contribution in [2.45, 2.75) is 26.2 Å². The predicted molar refractivity (Wildman–Crippen MR) is 139 cm³/mol. The summed E-state index contributed by atoms with van der Waals surface area (Å²) < 4.78 is 19.4. The number of amides is 3. The molecule has 2 aliphatic heterocycles. The Bertz CT molecular complexity index is 1180. The maximum atomic E-state index is 13.6. The summed E-state index contributed by atoms with van der Waals surface area (Å²) in [6, 6.07) is 11.3. The van der Waals surface area contributed by atoms with Crippen molar-refractivity contribution in [1.29, 1.82) is 0 Å². The fourth-order valence-electron chi connectivity index (χ4n) is 4.86. The smallest absolute Gasteiger partial charge is 0.255 e. The molecule has 2 heterocycles. The molecule has 0 saturated carbocycles. The van der Waals surface area contributed by atoms with E-state index in [0.717, 1.165) is 12.0 Å². The third-order valence-electron chi connectivity index (χ3n) is 6.82. The SMILES string of the molecule is Cc1ccc(F)cc1NC(=O)CN1CCCC2(CC=CCOc3ccccc3C(=O)NCCNC2=O)C1. The lowest BCUT2D eigenvalue weighted by Crippen LogP contribution is -2.53. The summed E-state index contributed by atoms with van der Waals surface area (Å²) in [6.07, 6.45) is 5.73. The number of aryl methyl sites for hydroxylation is 1. The molecule has 3 N–H and O–H groups in total. The van der Waals surface area contributed by atoms with Crippen LogP contribution in [0, 0.1) is 18.2 Å². The topological polar surface area (TPSA) is 99.8 Å². The first-order chi connectivity index (χ1) is 17.9. The molecule has 0 bridgehead atoms. The van der Waals surface area contributed by atoms with Crippen molar-refractivity contribution in [3.8, 4) is 5.75 Å². The number of nitrogens with one attached hydrogen (secondary N) is 3. The van der Waals surface area contributed by atoms with Crippen molar-refractivity contribution in [2.75, 3.05) is 44.6 Å². The minimum absolute atomic E-state index is 0.101. The van der Waals surface area contributed by atoms with Gasteiger partial charge in [-0.25, -0.2) is 4.39 Å². The summed E-state index contributed by atoms with van der Waals surface area (Å²) in [6.45, 7) is 3.84. The highest BCUT2D eigenvalue weighted by Crippen LogP contribution is 2.34. The van der Waals surface area contributed by atoms with Crippen LogP contribution in [0.1, 0.15) is 35.2 Å². The molecule has 1 unspecified atom stereocenters. The zero-order valence-corrected chi connectivity index (χ0v) is 21.0. The van der Waals surface area contributed by atoms with Crippen molar-refractivity contribution in [3.63, 3.8) is 0 Å². The first-order valence-electron chi connectivity index (χ1n) is 12.6. The Labute approximate surface area is 216 Å². The van der Waals surface area contributed by atoms with Crippen LogP contribution in [0.25, 0.3) is 0 Å². The van der Waals surface area contributed by atoms with Gasteiger partial charge in [0.2, 0.25) is 11.8 Å². The summed E-state index contributed by atoms with van der Waals surface area (Å²) in [7, 11) is 0. The molecule has 1 spiro atoms. The second kappa shape index (κ2) is 12.0. The van der Waals surface area contributed by atoms with Gasteiger partial charge in [-0.1, -0.05) is 30.4 Å². The molecule has 196 valence electrons. The van der Waals surface area contributed by atoms with E-state index in [1.807, 2.05) is 23.1 Å². The van der Waals surface area contributed by atoms with E-state index < -0.39 is 11.2 Å². The number of likely N-dealkylation sites (tertiary alicyclic amines) is 1. The molecule has 2 aromatic carbocycles. The predicted octanol–water partition coefficient (Wildman–Crippen LogP) is 3.04. The van der Waals surface area contributed by atoms with Gasteiger partial charge in [0.25, 0.3) is 5.91 Å². The molecular weight excluding hydrogens is 475 g/mol. The molecule has 1 fully saturated rings. The number of nitrogens with zero attached hydrogens (tertiary/aromatic N) is 1. The zero-order chi connectivity index (χ0) is 26.3. The van der Waals surface area contributed by atoms with E-state index >= 15 is 0 Å². The Morgan fingerprint density at radius 3 is 2.81 bits per heavy atom. The second-order valence-corrected chi connectivity index (χ2v) is 9.60. The minimum Gasteiger partial charge on any atom is -0.489 e. The average Bonchev–Trinajstić information content (AvgIpc) is 2.88. The van der Waals surface area contributed by atoms with Crippen LogP contribution in [-0.4, -0.2) is 62.0 Å². The number of benzene rings is 2. The van der Waals surface area contributed by atoms with Gasteiger partial charge >= 0.3 is 0 Å². The molecule has 8 nitrogen and oxygen atoms in total. The molecule has 37 heavy (non-hydrogen) atoms. The molecule has 3 amide bonds. The minimum atomic E-state index is -0.712. The number of fused-ring (bicyclic) bond motifs is 1. The highest BCUT2D eigenvalue weighted by atomic mass is 19.1. The monoisotopic (exact) mass is 508 g/mol. The van der Waals surface area contributed by atoms with Gasteiger partial charge in [0.15, 0.2) is 0 Å². The van der Waals surface area contributed by atoms with Crippen molar-refractivity contribution in [2.24, 2.45) is 5.41 Å². The van der Waals surface area contributed by atoms with Crippen molar-refractivity contribution in [3.05, 3.63) is 71.6 Å². The number of para-hydroxylation sites is 1. The third kappa shape index (κ3) is 6.74. The van der Waals surface area contributed by atoms with Crippen molar-refractivity contribution < 1.29 is 23.5 Å². The van der Waals surface area contributed by atoms with Crippen LogP contribution in [0.5, 0.6) is 5.75 Å². The van der Waals surface area contributed by atoms with E-state index in [2.05, 4.69) is 16.0 Å². The van der Waals surface area contributed by atoms with Crippen LogP contribution >= 0.6 is 0 Å². The van der Waals surface area contributed by atoms with Gasteiger partial charge < -0.3 is 20.7 Å². The van der Waals surface area contributed by atoms with Gasteiger partial charge in [-0.2, -0.15) is 0 Å². The van der Waals surface area contributed by atoms with Crippen LogP contribution in [0.15, 0.2) is 54.6 Å². The highest BCUT2D eigenvalue weighted by Gasteiger charge is 2.41. The van der Waals surface area contributed by atoms with Crippen molar-refractivity contribution >= 4 is 23.4 Å². The quantitative estimate of drug-likeness (QED) is 0.554. The molecule has 4 rings (SSSR count). The maximum absolute atomic E-state index is 13.6. The van der Waals surface area contributed by atoms with E-state index in [-0.39, 0.29) is 37.4 Å². The molecule has 1 saturated heterocycles. The number of anilines is 1. The zero-order valence-electron chi connectivity index (χ0n) is 21.0.